The van der Waals surface area contributed by atoms with Crippen LogP contribution in [-0.2, 0) is 4.79 Å². The minimum Gasteiger partial charge on any atom is -0.343 e. The van der Waals surface area contributed by atoms with E-state index in [2.05, 4.69) is 24.1 Å². The molecule has 0 aromatic heterocycles. The van der Waals surface area contributed by atoms with Gasteiger partial charge in [-0.2, -0.15) is 0 Å². The van der Waals surface area contributed by atoms with E-state index in [1.807, 2.05) is 19.0 Å². The number of piperazine rings is 1. The highest BCUT2D eigenvalue weighted by Gasteiger charge is 2.34. The average molecular weight is 213 g/mol. The summed E-state index contributed by atoms with van der Waals surface area (Å²) in [4.78, 5) is 16.1. The zero-order valence-corrected chi connectivity index (χ0v) is 10.3. The molecule has 1 N–H and O–H groups in total. The molecule has 1 amide bonds. The van der Waals surface area contributed by atoms with Crippen molar-refractivity contribution < 1.29 is 4.79 Å². The zero-order valence-electron chi connectivity index (χ0n) is 10.3. The summed E-state index contributed by atoms with van der Waals surface area (Å²) < 4.78 is 0. The number of nitrogens with zero attached hydrogens (tertiary/aromatic N) is 2. The maximum Gasteiger partial charge on any atom is 0.241 e. The van der Waals surface area contributed by atoms with Crippen molar-refractivity contribution in [1.29, 1.82) is 0 Å². The molecule has 1 aliphatic heterocycles. The van der Waals surface area contributed by atoms with E-state index in [9.17, 15) is 4.79 Å². The molecule has 1 rings (SSSR count). The molecule has 1 heterocycles. The van der Waals surface area contributed by atoms with Crippen molar-refractivity contribution in [3.05, 3.63) is 0 Å². The molecule has 15 heavy (non-hydrogen) atoms. The standard InChI is InChI=1S/C11H23N3O/c1-5-9(2)14-7-6-13(4)11(15)10(14)8-12-3/h9-10,12H,5-8H2,1-4H3. The topological polar surface area (TPSA) is 35.6 Å². The molecule has 0 radical (unpaired) electrons. The van der Waals surface area contributed by atoms with Crippen LogP contribution in [0.25, 0.3) is 0 Å². The van der Waals surface area contributed by atoms with Crippen molar-refractivity contribution in [1.82, 2.24) is 15.1 Å². The first-order chi connectivity index (χ1) is 7.11. The Labute approximate surface area is 92.6 Å². The van der Waals surface area contributed by atoms with Crippen LogP contribution in [0.2, 0.25) is 0 Å². The molecule has 0 saturated carbocycles. The second kappa shape index (κ2) is 5.47. The van der Waals surface area contributed by atoms with Crippen LogP contribution >= 0.6 is 0 Å². The number of carbonyl (C=O) groups excluding carboxylic acids is 1. The Hall–Kier alpha value is -0.610. The number of hydrogen-bond acceptors (Lipinski definition) is 3. The van der Waals surface area contributed by atoms with Crippen LogP contribution in [0.5, 0.6) is 0 Å². The third-order valence-electron chi connectivity index (χ3n) is 3.31. The summed E-state index contributed by atoms with van der Waals surface area (Å²) in [6, 6.07) is 0.504. The van der Waals surface area contributed by atoms with Crippen LogP contribution in [-0.4, -0.2) is 61.5 Å². The summed E-state index contributed by atoms with van der Waals surface area (Å²) in [5.74, 6) is 0.246. The lowest BCUT2D eigenvalue weighted by Crippen LogP contribution is -2.60. The van der Waals surface area contributed by atoms with Gasteiger partial charge in [-0.1, -0.05) is 6.92 Å². The number of nitrogens with one attached hydrogen (secondary N) is 1. The highest BCUT2D eigenvalue weighted by Crippen LogP contribution is 2.14. The first-order valence-electron chi connectivity index (χ1n) is 5.77. The molecule has 0 aromatic carbocycles. The minimum absolute atomic E-state index is 0.0173. The van der Waals surface area contributed by atoms with E-state index < -0.39 is 0 Å². The van der Waals surface area contributed by atoms with Gasteiger partial charge in [0.1, 0.15) is 6.04 Å². The van der Waals surface area contributed by atoms with Crippen LogP contribution in [0.4, 0.5) is 0 Å². The van der Waals surface area contributed by atoms with Crippen molar-refractivity contribution in [2.24, 2.45) is 0 Å². The maximum absolute atomic E-state index is 12.0. The second-order valence-electron chi connectivity index (χ2n) is 4.33. The van der Waals surface area contributed by atoms with Crippen molar-refractivity contribution in [3.63, 3.8) is 0 Å². The Morgan fingerprint density at radius 1 is 1.53 bits per heavy atom. The van der Waals surface area contributed by atoms with E-state index in [0.29, 0.717) is 6.04 Å². The van der Waals surface area contributed by atoms with Gasteiger partial charge in [0.2, 0.25) is 5.91 Å². The van der Waals surface area contributed by atoms with Gasteiger partial charge in [0.15, 0.2) is 0 Å². The SMILES string of the molecule is CCC(C)N1CCN(C)C(=O)C1CNC. The van der Waals surface area contributed by atoms with Gasteiger partial charge in [-0.15, -0.1) is 0 Å². The van der Waals surface area contributed by atoms with Crippen LogP contribution in [0.15, 0.2) is 0 Å². The van der Waals surface area contributed by atoms with E-state index in [-0.39, 0.29) is 11.9 Å². The van der Waals surface area contributed by atoms with Gasteiger partial charge < -0.3 is 10.2 Å². The average Bonchev–Trinajstić information content (AvgIpc) is 2.24. The van der Waals surface area contributed by atoms with E-state index in [1.54, 1.807) is 0 Å². The monoisotopic (exact) mass is 213 g/mol. The van der Waals surface area contributed by atoms with Gasteiger partial charge in [-0.25, -0.2) is 0 Å². The lowest BCUT2D eigenvalue weighted by Gasteiger charge is -2.42. The Balaban J connectivity index is 2.72. The van der Waals surface area contributed by atoms with Crippen LogP contribution in [0.1, 0.15) is 20.3 Å². The number of rotatable bonds is 4. The molecule has 1 saturated heterocycles. The molecule has 0 spiro atoms. The first-order valence-corrected chi connectivity index (χ1v) is 5.77. The predicted molar refractivity (Wildman–Crippen MR) is 61.8 cm³/mol. The molecule has 4 heteroatoms. The fourth-order valence-corrected chi connectivity index (χ4v) is 2.09. The van der Waals surface area contributed by atoms with Crippen molar-refractivity contribution in [2.75, 3.05) is 33.7 Å². The van der Waals surface area contributed by atoms with Gasteiger partial charge in [-0.3, -0.25) is 9.69 Å². The third-order valence-corrected chi connectivity index (χ3v) is 3.31. The molecule has 4 nitrogen and oxygen atoms in total. The predicted octanol–water partition coefficient (Wildman–Crippen LogP) is 0.147. The lowest BCUT2D eigenvalue weighted by molar-refractivity contribution is -0.141. The molecule has 0 aromatic rings. The largest absolute Gasteiger partial charge is 0.343 e. The van der Waals surface area contributed by atoms with Gasteiger partial charge in [0.25, 0.3) is 0 Å². The fourth-order valence-electron chi connectivity index (χ4n) is 2.09. The number of amides is 1. The Morgan fingerprint density at radius 2 is 2.20 bits per heavy atom. The van der Waals surface area contributed by atoms with Crippen molar-refractivity contribution >= 4 is 5.91 Å². The summed E-state index contributed by atoms with van der Waals surface area (Å²) in [6.45, 7) is 6.95. The Morgan fingerprint density at radius 3 is 2.73 bits per heavy atom. The van der Waals surface area contributed by atoms with Crippen LogP contribution < -0.4 is 5.32 Å². The van der Waals surface area contributed by atoms with E-state index in [1.165, 1.54) is 0 Å². The highest BCUT2D eigenvalue weighted by atomic mass is 16.2. The van der Waals surface area contributed by atoms with Gasteiger partial charge in [0, 0.05) is 32.7 Å². The second-order valence-corrected chi connectivity index (χ2v) is 4.33. The smallest absolute Gasteiger partial charge is 0.241 e. The minimum atomic E-state index is 0.0173. The zero-order chi connectivity index (χ0) is 11.4. The maximum atomic E-state index is 12.0. The van der Waals surface area contributed by atoms with E-state index >= 15 is 0 Å². The first kappa shape index (κ1) is 12.5. The molecule has 0 aliphatic carbocycles. The Kier molecular flexibility index (Phi) is 4.54. The summed E-state index contributed by atoms with van der Waals surface area (Å²) in [6.07, 6.45) is 1.09. The van der Waals surface area contributed by atoms with Crippen LogP contribution in [0.3, 0.4) is 0 Å². The third kappa shape index (κ3) is 2.69. The fraction of sp³-hybridized carbons (Fsp3) is 0.909. The molecule has 1 fully saturated rings. The molecular formula is C11H23N3O. The van der Waals surface area contributed by atoms with Crippen molar-refractivity contribution in [3.8, 4) is 0 Å². The summed E-state index contributed by atoms with van der Waals surface area (Å²) >= 11 is 0. The lowest BCUT2D eigenvalue weighted by atomic mass is 10.1. The van der Waals surface area contributed by atoms with E-state index in [4.69, 9.17) is 0 Å². The summed E-state index contributed by atoms with van der Waals surface area (Å²) in [5.41, 5.74) is 0. The molecule has 0 bridgehead atoms. The normalized spacial score (nSPS) is 25.7. The molecule has 88 valence electrons. The Bertz CT molecular complexity index is 220. The number of likely N-dealkylation sites (N-methyl/N-ethyl adjacent to an activating group) is 2. The van der Waals surface area contributed by atoms with Crippen LogP contribution in [0, 0.1) is 0 Å². The van der Waals surface area contributed by atoms with Gasteiger partial charge in [-0.05, 0) is 20.4 Å². The highest BCUT2D eigenvalue weighted by molar-refractivity contribution is 5.82. The molecule has 2 unspecified atom stereocenters. The molecule has 2 atom stereocenters. The summed E-state index contributed by atoms with van der Waals surface area (Å²) in [5, 5.41) is 3.11. The quantitative estimate of drug-likeness (QED) is 0.722. The van der Waals surface area contributed by atoms with E-state index in [0.717, 1.165) is 26.1 Å². The number of carbonyl (C=O) groups is 1. The summed E-state index contributed by atoms with van der Waals surface area (Å²) in [7, 11) is 3.79. The number of hydrogen-bond donors (Lipinski definition) is 1. The molecule has 1 aliphatic rings. The van der Waals surface area contributed by atoms with Gasteiger partial charge >= 0.3 is 0 Å². The van der Waals surface area contributed by atoms with Crippen molar-refractivity contribution in [2.45, 2.75) is 32.4 Å². The van der Waals surface area contributed by atoms with Gasteiger partial charge in [0.05, 0.1) is 0 Å². The molecular weight excluding hydrogens is 190 g/mol.